The second-order valence-corrected chi connectivity index (χ2v) is 10.00. The molecule has 180 valence electrons. The van der Waals surface area contributed by atoms with E-state index in [2.05, 4.69) is 56.9 Å². The molecule has 2 heteroatoms. The fourth-order valence-electron chi connectivity index (χ4n) is 4.36. The lowest BCUT2D eigenvalue weighted by atomic mass is 9.95. The summed E-state index contributed by atoms with van der Waals surface area (Å²) in [5, 5.41) is 2.51. The van der Waals surface area contributed by atoms with Gasteiger partial charge in [-0.2, -0.15) is 0 Å². The van der Waals surface area contributed by atoms with E-state index in [4.69, 9.17) is 0 Å². The van der Waals surface area contributed by atoms with Gasteiger partial charge in [-0.25, -0.2) is 0 Å². The minimum absolute atomic E-state index is 0. The summed E-state index contributed by atoms with van der Waals surface area (Å²) in [5.74, 6) is 0. The van der Waals surface area contributed by atoms with Crippen LogP contribution >= 0.6 is 0 Å². The second kappa shape index (κ2) is 19.9. The zero-order valence-corrected chi connectivity index (χ0v) is 21.8. The molecule has 0 aliphatic heterocycles. The molecule has 0 aliphatic carbocycles. The van der Waals surface area contributed by atoms with E-state index in [1.807, 2.05) is 6.08 Å². The third kappa shape index (κ3) is 16.5. The first kappa shape index (κ1) is 30.2. The molecule has 2 N–H and O–H groups in total. The van der Waals surface area contributed by atoms with Gasteiger partial charge in [0.1, 0.15) is 6.54 Å². The van der Waals surface area contributed by atoms with E-state index in [-0.39, 0.29) is 12.4 Å². The summed E-state index contributed by atoms with van der Waals surface area (Å²) in [6.07, 6.45) is 24.9. The number of hydrogen-bond acceptors (Lipinski definition) is 0. The van der Waals surface area contributed by atoms with Gasteiger partial charge >= 0.3 is 0 Å². The summed E-state index contributed by atoms with van der Waals surface area (Å²) in [6.45, 7) is 12.1. The number of hydrogen-bond donors (Lipinski definition) is 1. The maximum absolute atomic E-state index is 3.94. The highest BCUT2D eigenvalue weighted by molar-refractivity contribution is 5.51. The van der Waals surface area contributed by atoms with Crippen LogP contribution in [0.25, 0.3) is 6.08 Å². The van der Waals surface area contributed by atoms with Crippen molar-refractivity contribution in [1.29, 1.82) is 0 Å². The molecule has 0 atom stereocenters. The van der Waals surface area contributed by atoms with Crippen LogP contribution in [-0.4, -0.2) is 5.54 Å². The lowest BCUT2D eigenvalue weighted by molar-refractivity contribution is -0.736. The van der Waals surface area contributed by atoms with Gasteiger partial charge in [-0.1, -0.05) is 134 Å². The molecular formula is C29H52ClN. The molecule has 0 heterocycles. The van der Waals surface area contributed by atoms with Crippen molar-refractivity contribution in [1.82, 2.24) is 0 Å². The fraction of sp³-hybridized carbons (Fsp3) is 0.724. The maximum Gasteiger partial charge on any atom is 0.102 e. The molecule has 0 fully saturated rings. The van der Waals surface area contributed by atoms with Crippen molar-refractivity contribution in [3.8, 4) is 0 Å². The first-order valence-corrected chi connectivity index (χ1v) is 13.1. The van der Waals surface area contributed by atoms with Crippen molar-refractivity contribution in [2.45, 2.75) is 136 Å². The average molecular weight is 450 g/mol. The van der Waals surface area contributed by atoms with Gasteiger partial charge in [0.05, 0.1) is 5.54 Å². The highest BCUT2D eigenvalue weighted by Gasteiger charge is 2.20. The molecule has 0 unspecified atom stereocenters. The molecule has 31 heavy (non-hydrogen) atoms. The molecule has 1 aromatic carbocycles. The van der Waals surface area contributed by atoms with Crippen LogP contribution < -0.4 is 17.7 Å². The summed E-state index contributed by atoms with van der Waals surface area (Å²) in [5.41, 5.74) is 3.00. The van der Waals surface area contributed by atoms with Gasteiger partial charge in [0.2, 0.25) is 0 Å². The van der Waals surface area contributed by atoms with Crippen LogP contribution in [0.1, 0.15) is 135 Å². The molecule has 0 saturated carbocycles. The molecule has 0 radical (unpaired) electrons. The quantitative estimate of drug-likeness (QED) is 0.255. The van der Waals surface area contributed by atoms with E-state index in [9.17, 15) is 0 Å². The van der Waals surface area contributed by atoms with Crippen LogP contribution in [-0.2, 0) is 6.54 Å². The minimum Gasteiger partial charge on any atom is -1.00 e. The fourth-order valence-corrected chi connectivity index (χ4v) is 4.36. The first-order valence-electron chi connectivity index (χ1n) is 13.1. The van der Waals surface area contributed by atoms with E-state index in [1.54, 1.807) is 0 Å². The van der Waals surface area contributed by atoms with Gasteiger partial charge in [0.15, 0.2) is 0 Å². The third-order valence-electron chi connectivity index (χ3n) is 6.57. The summed E-state index contributed by atoms with van der Waals surface area (Å²) >= 11 is 0. The number of halogens is 1. The van der Waals surface area contributed by atoms with Crippen LogP contribution in [0.2, 0.25) is 0 Å². The van der Waals surface area contributed by atoms with Crippen molar-refractivity contribution < 1.29 is 17.7 Å². The zero-order chi connectivity index (χ0) is 21.9. The first-order chi connectivity index (χ1) is 14.6. The summed E-state index contributed by atoms with van der Waals surface area (Å²) in [4.78, 5) is 0. The van der Waals surface area contributed by atoms with Crippen LogP contribution in [0.5, 0.6) is 0 Å². The van der Waals surface area contributed by atoms with Crippen LogP contribution in [0.4, 0.5) is 0 Å². The van der Waals surface area contributed by atoms with Crippen LogP contribution in [0.3, 0.4) is 0 Å². The second-order valence-electron chi connectivity index (χ2n) is 10.00. The minimum atomic E-state index is 0. The number of quaternary nitrogens is 1. The largest absolute Gasteiger partial charge is 1.00 e. The highest BCUT2D eigenvalue weighted by Crippen LogP contribution is 2.16. The molecule has 0 aromatic heterocycles. The normalized spacial score (nSPS) is 11.3. The molecule has 0 spiro atoms. The van der Waals surface area contributed by atoms with Gasteiger partial charge < -0.3 is 17.7 Å². The van der Waals surface area contributed by atoms with Gasteiger partial charge in [0, 0.05) is 12.0 Å². The SMILES string of the molecule is C=Cc1ccccc1C[NH2+]C(C)(C)CCCCCCCCCCCCCCCCC.[Cl-]. The van der Waals surface area contributed by atoms with Crippen LogP contribution in [0.15, 0.2) is 30.8 Å². The van der Waals surface area contributed by atoms with E-state index < -0.39 is 0 Å². The number of unbranched alkanes of at least 4 members (excludes halogenated alkanes) is 14. The lowest BCUT2D eigenvalue weighted by Gasteiger charge is -2.23. The molecule has 0 aliphatic rings. The Morgan fingerprint density at radius 1 is 0.742 bits per heavy atom. The Balaban J connectivity index is 0.00000900. The van der Waals surface area contributed by atoms with E-state index in [1.165, 1.54) is 114 Å². The van der Waals surface area contributed by atoms with Gasteiger partial charge in [0.25, 0.3) is 0 Å². The Kier molecular flexibility index (Phi) is 19.4. The zero-order valence-electron chi connectivity index (χ0n) is 21.1. The average Bonchev–Trinajstić information content (AvgIpc) is 2.75. The van der Waals surface area contributed by atoms with Crippen LogP contribution in [0, 0.1) is 0 Å². The molecule has 0 saturated heterocycles. The molecule has 0 bridgehead atoms. The molecular weight excluding hydrogens is 398 g/mol. The van der Waals surface area contributed by atoms with Crippen molar-refractivity contribution in [2.75, 3.05) is 0 Å². The van der Waals surface area contributed by atoms with Crippen molar-refractivity contribution in [3.05, 3.63) is 42.0 Å². The van der Waals surface area contributed by atoms with Crippen molar-refractivity contribution >= 4 is 6.08 Å². The van der Waals surface area contributed by atoms with E-state index >= 15 is 0 Å². The van der Waals surface area contributed by atoms with Gasteiger partial charge in [-0.05, 0) is 25.8 Å². The molecule has 1 nitrogen and oxygen atoms in total. The van der Waals surface area contributed by atoms with Gasteiger partial charge in [-0.3, -0.25) is 0 Å². The number of nitrogens with two attached hydrogens (primary N) is 1. The van der Waals surface area contributed by atoms with Gasteiger partial charge in [-0.15, -0.1) is 0 Å². The van der Waals surface area contributed by atoms with Crippen molar-refractivity contribution in [3.63, 3.8) is 0 Å². The Bertz CT molecular complexity index is 537. The topological polar surface area (TPSA) is 16.6 Å². The monoisotopic (exact) mass is 449 g/mol. The smallest absolute Gasteiger partial charge is 0.102 e. The predicted octanol–water partition coefficient (Wildman–Crippen LogP) is 5.44. The molecule has 1 aromatic rings. The summed E-state index contributed by atoms with van der Waals surface area (Å²) in [7, 11) is 0. The third-order valence-corrected chi connectivity index (χ3v) is 6.57. The highest BCUT2D eigenvalue weighted by atomic mass is 35.5. The predicted molar refractivity (Wildman–Crippen MR) is 136 cm³/mol. The standard InChI is InChI=1S/C29H51N.ClH/c1-5-7-8-9-10-11-12-13-14-15-16-17-18-19-22-25-29(3,4)30-26-28-24-21-20-23-27(28)6-2;/h6,20-21,23-24,30H,2,5,7-19,22,25-26H2,1,3-4H3;1H. The number of rotatable bonds is 20. The Morgan fingerprint density at radius 3 is 1.68 bits per heavy atom. The lowest BCUT2D eigenvalue weighted by Crippen LogP contribution is -3.00. The Morgan fingerprint density at radius 2 is 1.19 bits per heavy atom. The summed E-state index contributed by atoms with van der Waals surface area (Å²) in [6, 6.07) is 8.63. The maximum atomic E-state index is 3.94. The molecule has 0 amide bonds. The van der Waals surface area contributed by atoms with Crippen molar-refractivity contribution in [2.24, 2.45) is 0 Å². The van der Waals surface area contributed by atoms with E-state index in [0.717, 1.165) is 6.54 Å². The Hall–Kier alpha value is -0.790. The van der Waals surface area contributed by atoms with E-state index in [0.29, 0.717) is 5.54 Å². The molecule has 1 rings (SSSR count). The Labute approximate surface area is 201 Å². The summed E-state index contributed by atoms with van der Waals surface area (Å²) < 4.78 is 0. The number of benzene rings is 1.